The van der Waals surface area contributed by atoms with Gasteiger partial charge < -0.3 is 24.4 Å². The first kappa shape index (κ1) is 20.2. The smallest absolute Gasteiger partial charge is 0.255 e. The molecule has 2 aromatic rings. The van der Waals surface area contributed by atoms with Crippen LogP contribution in [0.5, 0.6) is 11.5 Å². The first-order chi connectivity index (χ1) is 14.6. The van der Waals surface area contributed by atoms with E-state index in [2.05, 4.69) is 5.32 Å². The monoisotopic (exact) mass is 410 g/mol. The van der Waals surface area contributed by atoms with Crippen molar-refractivity contribution in [3.8, 4) is 11.5 Å². The van der Waals surface area contributed by atoms with Gasteiger partial charge in [-0.2, -0.15) is 0 Å². The highest BCUT2D eigenvalue weighted by Gasteiger charge is 2.41. The van der Waals surface area contributed by atoms with Crippen molar-refractivity contribution < 1.29 is 23.8 Å². The Bertz CT molecular complexity index is 939. The number of fused-ring (bicyclic) bond motifs is 1. The molecule has 0 aromatic heterocycles. The molecule has 7 heteroatoms. The lowest BCUT2D eigenvalue weighted by Gasteiger charge is -2.26. The Morgan fingerprint density at radius 3 is 2.77 bits per heavy atom. The zero-order chi connectivity index (χ0) is 21.1. The van der Waals surface area contributed by atoms with E-state index in [4.69, 9.17) is 14.2 Å². The lowest BCUT2D eigenvalue weighted by Crippen LogP contribution is -2.41. The normalized spacial score (nSPS) is 20.2. The van der Waals surface area contributed by atoms with Crippen molar-refractivity contribution in [2.24, 2.45) is 0 Å². The maximum atomic E-state index is 13.2. The fourth-order valence-corrected chi connectivity index (χ4v) is 4.12. The minimum absolute atomic E-state index is 0.0354. The maximum Gasteiger partial charge on any atom is 0.255 e. The van der Waals surface area contributed by atoms with Crippen molar-refractivity contribution in [1.82, 2.24) is 10.2 Å². The third-order valence-corrected chi connectivity index (χ3v) is 5.66. The molecule has 2 heterocycles. The molecule has 158 valence electrons. The number of hydrogen-bond donors (Lipinski definition) is 1. The van der Waals surface area contributed by atoms with Crippen LogP contribution in [0.4, 0.5) is 0 Å². The summed E-state index contributed by atoms with van der Waals surface area (Å²) >= 11 is 0. The van der Waals surface area contributed by atoms with E-state index in [0.717, 1.165) is 25.0 Å². The van der Waals surface area contributed by atoms with Crippen molar-refractivity contribution in [2.75, 3.05) is 27.4 Å². The van der Waals surface area contributed by atoms with Crippen LogP contribution in [-0.4, -0.2) is 50.2 Å². The summed E-state index contributed by atoms with van der Waals surface area (Å²) in [4.78, 5) is 27.9. The molecule has 0 aliphatic carbocycles. The van der Waals surface area contributed by atoms with Gasteiger partial charge >= 0.3 is 0 Å². The summed E-state index contributed by atoms with van der Waals surface area (Å²) in [6, 6.07) is 12.0. The van der Waals surface area contributed by atoms with Gasteiger partial charge in [0, 0.05) is 24.3 Å². The molecular formula is C23H26N2O5. The summed E-state index contributed by atoms with van der Waals surface area (Å²) in [5.74, 6) is 0.922. The molecule has 2 atom stereocenters. The molecule has 1 saturated heterocycles. The minimum Gasteiger partial charge on any atom is -0.497 e. The van der Waals surface area contributed by atoms with Crippen LogP contribution in [0.1, 0.15) is 40.4 Å². The topological polar surface area (TPSA) is 77.1 Å². The predicted octanol–water partition coefficient (Wildman–Crippen LogP) is 2.70. The highest BCUT2D eigenvalue weighted by Crippen LogP contribution is 2.37. The maximum absolute atomic E-state index is 13.2. The zero-order valence-electron chi connectivity index (χ0n) is 17.2. The van der Waals surface area contributed by atoms with Gasteiger partial charge in [-0.05, 0) is 42.7 Å². The standard InChI is InChI=1S/C23H26N2O5/c1-28-16-9-10-20(29-2)15(12-16)14-25-21(18-7-3-4-8-19(18)23(25)27)22(26)24-13-17-6-5-11-30-17/h3-4,7-10,12,17,21H,5-6,11,13-14H2,1-2H3,(H,24,26)/t17-,21+/m1/s1. The summed E-state index contributed by atoms with van der Waals surface area (Å²) in [7, 11) is 3.17. The van der Waals surface area contributed by atoms with Gasteiger partial charge in [0.2, 0.25) is 5.91 Å². The van der Waals surface area contributed by atoms with E-state index in [1.54, 1.807) is 37.3 Å². The van der Waals surface area contributed by atoms with Gasteiger partial charge in [0.1, 0.15) is 17.5 Å². The van der Waals surface area contributed by atoms with Crippen LogP contribution in [-0.2, 0) is 16.1 Å². The molecule has 0 saturated carbocycles. The van der Waals surface area contributed by atoms with E-state index < -0.39 is 6.04 Å². The first-order valence-corrected chi connectivity index (χ1v) is 10.1. The molecule has 1 fully saturated rings. The summed E-state index contributed by atoms with van der Waals surface area (Å²) in [6.45, 7) is 1.40. The van der Waals surface area contributed by atoms with Gasteiger partial charge in [-0.25, -0.2) is 0 Å². The second-order valence-corrected chi connectivity index (χ2v) is 7.48. The molecule has 30 heavy (non-hydrogen) atoms. The lowest BCUT2D eigenvalue weighted by atomic mass is 10.0. The van der Waals surface area contributed by atoms with Crippen molar-refractivity contribution >= 4 is 11.8 Å². The fourth-order valence-electron chi connectivity index (χ4n) is 4.12. The summed E-state index contributed by atoms with van der Waals surface area (Å²) in [5, 5.41) is 2.98. The molecule has 0 bridgehead atoms. The Kier molecular flexibility index (Phi) is 5.90. The number of nitrogens with one attached hydrogen (secondary N) is 1. The molecule has 4 rings (SSSR count). The van der Waals surface area contributed by atoms with Crippen LogP contribution < -0.4 is 14.8 Å². The fraction of sp³-hybridized carbons (Fsp3) is 0.391. The molecule has 0 radical (unpaired) electrons. The van der Waals surface area contributed by atoms with Gasteiger partial charge in [-0.1, -0.05) is 18.2 Å². The quantitative estimate of drug-likeness (QED) is 0.760. The van der Waals surface area contributed by atoms with Crippen LogP contribution >= 0.6 is 0 Å². The van der Waals surface area contributed by atoms with E-state index in [1.807, 2.05) is 24.3 Å². The number of nitrogens with zero attached hydrogens (tertiary/aromatic N) is 1. The van der Waals surface area contributed by atoms with Crippen LogP contribution in [0.15, 0.2) is 42.5 Å². The number of methoxy groups -OCH3 is 2. The molecule has 0 spiro atoms. The van der Waals surface area contributed by atoms with Crippen molar-refractivity contribution in [1.29, 1.82) is 0 Å². The third kappa shape index (κ3) is 3.85. The van der Waals surface area contributed by atoms with Crippen LogP contribution in [0, 0.1) is 0 Å². The number of benzene rings is 2. The average Bonchev–Trinajstić information content (AvgIpc) is 3.39. The SMILES string of the molecule is COc1ccc(OC)c(CN2C(=O)c3ccccc3[C@H]2C(=O)NC[C@H]2CCCO2)c1. The number of hydrogen-bond acceptors (Lipinski definition) is 5. The zero-order valence-corrected chi connectivity index (χ0v) is 17.2. The molecule has 2 aliphatic rings. The van der Waals surface area contributed by atoms with E-state index in [1.165, 1.54) is 0 Å². The number of carbonyl (C=O) groups is 2. The Morgan fingerprint density at radius 1 is 1.20 bits per heavy atom. The first-order valence-electron chi connectivity index (χ1n) is 10.1. The van der Waals surface area contributed by atoms with Gasteiger partial charge in [0.05, 0.1) is 26.9 Å². The Hall–Kier alpha value is -3.06. The summed E-state index contributed by atoms with van der Waals surface area (Å²) in [5.41, 5.74) is 2.04. The van der Waals surface area contributed by atoms with Crippen molar-refractivity contribution in [3.63, 3.8) is 0 Å². The van der Waals surface area contributed by atoms with Gasteiger partial charge in [-0.3, -0.25) is 9.59 Å². The molecule has 2 amide bonds. The highest BCUT2D eigenvalue weighted by molar-refractivity contribution is 6.04. The number of carbonyl (C=O) groups excluding carboxylic acids is 2. The molecule has 2 aliphatic heterocycles. The Labute approximate surface area is 175 Å². The van der Waals surface area contributed by atoms with Crippen LogP contribution in [0.25, 0.3) is 0 Å². The number of rotatable bonds is 7. The molecular weight excluding hydrogens is 384 g/mol. The van der Waals surface area contributed by atoms with Crippen molar-refractivity contribution in [2.45, 2.75) is 31.5 Å². The summed E-state index contributed by atoms with van der Waals surface area (Å²) < 4.78 is 16.4. The van der Waals surface area contributed by atoms with Gasteiger partial charge in [0.25, 0.3) is 5.91 Å². The van der Waals surface area contributed by atoms with Crippen LogP contribution in [0.3, 0.4) is 0 Å². The Balaban J connectivity index is 1.62. The molecule has 7 nitrogen and oxygen atoms in total. The Morgan fingerprint density at radius 2 is 2.03 bits per heavy atom. The van der Waals surface area contributed by atoms with Gasteiger partial charge in [0.15, 0.2) is 0 Å². The van der Waals surface area contributed by atoms with Crippen LogP contribution in [0.2, 0.25) is 0 Å². The number of ether oxygens (including phenoxy) is 3. The molecule has 0 unspecified atom stereocenters. The second kappa shape index (κ2) is 8.75. The lowest BCUT2D eigenvalue weighted by molar-refractivity contribution is -0.126. The molecule has 1 N–H and O–H groups in total. The minimum atomic E-state index is -0.703. The highest BCUT2D eigenvalue weighted by atomic mass is 16.5. The van der Waals surface area contributed by atoms with E-state index >= 15 is 0 Å². The average molecular weight is 410 g/mol. The number of amides is 2. The molecule has 2 aromatic carbocycles. The van der Waals surface area contributed by atoms with Gasteiger partial charge in [-0.15, -0.1) is 0 Å². The van der Waals surface area contributed by atoms with E-state index in [9.17, 15) is 9.59 Å². The van der Waals surface area contributed by atoms with E-state index in [-0.39, 0.29) is 24.5 Å². The predicted molar refractivity (Wildman–Crippen MR) is 111 cm³/mol. The van der Waals surface area contributed by atoms with E-state index in [0.29, 0.717) is 29.2 Å². The largest absolute Gasteiger partial charge is 0.497 e. The second-order valence-electron chi connectivity index (χ2n) is 7.48. The van der Waals surface area contributed by atoms with Crippen molar-refractivity contribution in [3.05, 3.63) is 59.2 Å². The third-order valence-electron chi connectivity index (χ3n) is 5.66. The summed E-state index contributed by atoms with van der Waals surface area (Å²) in [6.07, 6.45) is 1.98.